The van der Waals surface area contributed by atoms with Crippen LogP contribution in [-0.2, 0) is 15.4 Å². The van der Waals surface area contributed by atoms with E-state index in [-0.39, 0.29) is 16.9 Å². The molecule has 0 spiro atoms. The number of rotatable bonds is 11. The summed E-state index contributed by atoms with van der Waals surface area (Å²) in [5.41, 5.74) is 2.29. The molecule has 0 atom stereocenters. The van der Waals surface area contributed by atoms with E-state index in [0.29, 0.717) is 35.5 Å². The Balaban J connectivity index is 1.61. The standard InChI is InChI=1S/C32H41N7O5S/c1-20-17-28(37-30(34-20)33-15-16-39(5)6)44-27-14-13-24(22-11-9-10-12-23(22)27)35-31(40)36-25-18-21(32(2,3)4)19-26(29(25)43-7)38-45(8,41)42/h9-14,17-19,38H,15-16H2,1-8H3,(H,33,34,37)(H2,35,36,40). The summed E-state index contributed by atoms with van der Waals surface area (Å²) >= 11 is 0. The van der Waals surface area contributed by atoms with Crippen LogP contribution in [0.5, 0.6) is 17.4 Å². The number of aryl methyl sites for hydroxylation is 1. The lowest BCUT2D eigenvalue weighted by Crippen LogP contribution is -2.22. The van der Waals surface area contributed by atoms with Crippen LogP contribution in [0.4, 0.5) is 27.8 Å². The number of benzene rings is 3. The maximum Gasteiger partial charge on any atom is 0.323 e. The van der Waals surface area contributed by atoms with Crippen molar-refractivity contribution in [2.45, 2.75) is 33.1 Å². The van der Waals surface area contributed by atoms with Crippen LogP contribution in [0.1, 0.15) is 32.0 Å². The summed E-state index contributed by atoms with van der Waals surface area (Å²) in [6.45, 7) is 9.36. The van der Waals surface area contributed by atoms with Gasteiger partial charge in [0.2, 0.25) is 21.9 Å². The zero-order valence-corrected chi connectivity index (χ0v) is 27.7. The average molecular weight is 636 g/mol. The van der Waals surface area contributed by atoms with Crippen molar-refractivity contribution in [3.63, 3.8) is 0 Å². The number of fused-ring (bicyclic) bond motifs is 1. The minimum Gasteiger partial charge on any atom is -0.492 e. The lowest BCUT2D eigenvalue weighted by molar-refractivity contribution is 0.262. The number of carbonyl (C=O) groups is 1. The van der Waals surface area contributed by atoms with Crippen molar-refractivity contribution in [1.82, 2.24) is 14.9 Å². The number of urea groups is 1. The van der Waals surface area contributed by atoms with Crippen molar-refractivity contribution in [1.29, 1.82) is 0 Å². The summed E-state index contributed by atoms with van der Waals surface area (Å²) < 4.78 is 38.4. The Bertz CT molecular complexity index is 1800. The molecule has 0 fully saturated rings. The highest BCUT2D eigenvalue weighted by Crippen LogP contribution is 2.39. The molecule has 0 saturated carbocycles. The van der Waals surface area contributed by atoms with Gasteiger partial charge in [0.15, 0.2) is 5.75 Å². The van der Waals surface area contributed by atoms with Crippen LogP contribution in [0, 0.1) is 6.92 Å². The third-order valence-electron chi connectivity index (χ3n) is 6.72. The number of ether oxygens (including phenoxy) is 2. The van der Waals surface area contributed by atoms with Gasteiger partial charge >= 0.3 is 6.03 Å². The number of carbonyl (C=O) groups excluding carboxylic acids is 1. The molecule has 3 aromatic carbocycles. The molecule has 4 aromatic rings. The van der Waals surface area contributed by atoms with Crippen molar-refractivity contribution in [3.05, 3.63) is 65.9 Å². The number of nitrogens with zero attached hydrogens (tertiary/aromatic N) is 3. The van der Waals surface area contributed by atoms with Crippen molar-refractivity contribution in [2.24, 2.45) is 0 Å². The Labute approximate surface area is 264 Å². The summed E-state index contributed by atoms with van der Waals surface area (Å²) in [5, 5.41) is 10.5. The van der Waals surface area contributed by atoms with Crippen LogP contribution >= 0.6 is 0 Å². The minimum atomic E-state index is -3.61. The van der Waals surface area contributed by atoms with Gasteiger partial charge in [-0.2, -0.15) is 4.98 Å². The molecule has 0 aliphatic rings. The number of aromatic nitrogens is 2. The fraction of sp³-hybridized carbons (Fsp3) is 0.344. The number of anilines is 4. The number of hydrogen-bond acceptors (Lipinski definition) is 9. The van der Waals surface area contributed by atoms with E-state index in [1.807, 2.05) is 66.1 Å². The Morgan fingerprint density at radius 3 is 2.24 bits per heavy atom. The van der Waals surface area contributed by atoms with E-state index in [1.165, 1.54) is 7.11 Å². The van der Waals surface area contributed by atoms with Gasteiger partial charge in [-0.25, -0.2) is 18.2 Å². The summed E-state index contributed by atoms with van der Waals surface area (Å²) in [4.78, 5) is 24.4. The topological polar surface area (TPSA) is 147 Å². The number of nitrogens with one attached hydrogen (secondary N) is 4. The van der Waals surface area contributed by atoms with Crippen molar-refractivity contribution < 1.29 is 22.7 Å². The molecule has 240 valence electrons. The highest BCUT2D eigenvalue weighted by molar-refractivity contribution is 7.92. The molecule has 4 N–H and O–H groups in total. The molecule has 0 saturated heterocycles. The van der Waals surface area contributed by atoms with Gasteiger partial charge in [-0.15, -0.1) is 0 Å². The number of sulfonamides is 1. The third-order valence-corrected chi connectivity index (χ3v) is 7.31. The highest BCUT2D eigenvalue weighted by atomic mass is 32.2. The van der Waals surface area contributed by atoms with Crippen molar-refractivity contribution in [2.75, 3.05) is 61.2 Å². The molecule has 0 aliphatic carbocycles. The van der Waals surface area contributed by atoms with Crippen LogP contribution in [0.25, 0.3) is 10.8 Å². The van der Waals surface area contributed by atoms with E-state index in [9.17, 15) is 13.2 Å². The Hall–Kier alpha value is -4.62. The third kappa shape index (κ3) is 8.96. The zero-order chi connectivity index (χ0) is 32.9. The maximum absolute atomic E-state index is 13.4. The number of methoxy groups -OCH3 is 1. The normalized spacial score (nSPS) is 11.8. The maximum atomic E-state index is 13.4. The average Bonchev–Trinajstić information content (AvgIpc) is 2.92. The highest BCUT2D eigenvalue weighted by Gasteiger charge is 2.22. The molecular weight excluding hydrogens is 594 g/mol. The van der Waals surface area contributed by atoms with Crippen LogP contribution in [0.2, 0.25) is 0 Å². The van der Waals surface area contributed by atoms with E-state index in [1.54, 1.807) is 30.3 Å². The predicted octanol–water partition coefficient (Wildman–Crippen LogP) is 6.03. The molecule has 1 heterocycles. The molecular formula is C32H41N7O5S. The summed E-state index contributed by atoms with van der Waals surface area (Å²) in [6, 6.07) is 15.8. The van der Waals surface area contributed by atoms with E-state index in [4.69, 9.17) is 9.47 Å². The molecule has 4 rings (SSSR count). The first-order chi connectivity index (χ1) is 21.1. The fourth-order valence-electron chi connectivity index (χ4n) is 4.57. The molecule has 13 heteroatoms. The molecule has 2 amide bonds. The first-order valence-electron chi connectivity index (χ1n) is 14.3. The second kappa shape index (κ2) is 13.6. The van der Waals surface area contributed by atoms with E-state index in [0.717, 1.165) is 34.8 Å². The molecule has 12 nitrogen and oxygen atoms in total. The van der Waals surface area contributed by atoms with Crippen LogP contribution in [0.15, 0.2) is 54.6 Å². The number of amides is 2. The zero-order valence-electron chi connectivity index (χ0n) is 26.9. The SMILES string of the molecule is COc1c(NC(=O)Nc2ccc(Oc3cc(C)nc(NCCN(C)C)n3)c3ccccc23)cc(C(C)(C)C)cc1NS(C)(=O)=O. The van der Waals surface area contributed by atoms with Gasteiger partial charge in [0.1, 0.15) is 5.75 Å². The first-order valence-corrected chi connectivity index (χ1v) is 16.2. The Morgan fingerprint density at radius 2 is 1.60 bits per heavy atom. The van der Waals surface area contributed by atoms with Gasteiger partial charge in [-0.3, -0.25) is 4.72 Å². The Kier molecular flexibility index (Phi) is 10.0. The number of hydrogen-bond donors (Lipinski definition) is 4. The van der Waals surface area contributed by atoms with Crippen molar-refractivity contribution in [3.8, 4) is 17.4 Å². The molecule has 1 aromatic heterocycles. The predicted molar refractivity (Wildman–Crippen MR) is 181 cm³/mol. The summed E-state index contributed by atoms with van der Waals surface area (Å²) in [5.74, 6) is 1.62. The smallest absolute Gasteiger partial charge is 0.323 e. The summed E-state index contributed by atoms with van der Waals surface area (Å²) in [7, 11) is 1.80. The van der Waals surface area contributed by atoms with Crippen LogP contribution < -0.4 is 30.1 Å². The van der Waals surface area contributed by atoms with Gasteiger partial charge in [-0.05, 0) is 56.3 Å². The molecule has 0 radical (unpaired) electrons. The van der Waals surface area contributed by atoms with Crippen LogP contribution in [-0.4, -0.2) is 69.9 Å². The first kappa shape index (κ1) is 33.3. The van der Waals surface area contributed by atoms with Crippen molar-refractivity contribution >= 4 is 49.8 Å². The van der Waals surface area contributed by atoms with Gasteiger partial charge in [0.05, 0.1) is 30.4 Å². The van der Waals surface area contributed by atoms with E-state index >= 15 is 0 Å². The van der Waals surface area contributed by atoms with Gasteiger partial charge < -0.3 is 30.3 Å². The lowest BCUT2D eigenvalue weighted by Gasteiger charge is -2.24. The largest absolute Gasteiger partial charge is 0.492 e. The number of likely N-dealkylation sites (N-methyl/N-ethyl adjacent to an activating group) is 1. The van der Waals surface area contributed by atoms with E-state index < -0.39 is 16.1 Å². The van der Waals surface area contributed by atoms with Crippen LogP contribution in [0.3, 0.4) is 0 Å². The summed E-state index contributed by atoms with van der Waals surface area (Å²) in [6.07, 6.45) is 1.06. The second-order valence-electron chi connectivity index (χ2n) is 12.0. The lowest BCUT2D eigenvalue weighted by atomic mass is 9.86. The fourth-order valence-corrected chi connectivity index (χ4v) is 5.12. The molecule has 0 unspecified atom stereocenters. The van der Waals surface area contributed by atoms with E-state index in [2.05, 4.69) is 35.5 Å². The quantitative estimate of drug-likeness (QED) is 0.155. The minimum absolute atomic E-state index is 0.188. The van der Waals surface area contributed by atoms with Gasteiger partial charge in [0, 0.05) is 35.6 Å². The monoisotopic (exact) mass is 635 g/mol. The van der Waals surface area contributed by atoms with Gasteiger partial charge in [0.25, 0.3) is 0 Å². The molecule has 0 bridgehead atoms. The van der Waals surface area contributed by atoms with Gasteiger partial charge in [-0.1, -0.05) is 45.0 Å². The molecule has 45 heavy (non-hydrogen) atoms. The second-order valence-corrected chi connectivity index (χ2v) is 13.7. The Morgan fingerprint density at radius 1 is 0.933 bits per heavy atom. The molecule has 0 aliphatic heterocycles.